The number of benzene rings is 1. The Morgan fingerprint density at radius 1 is 1.33 bits per heavy atom. The molecule has 3 rings (SSSR count). The van der Waals surface area contributed by atoms with Gasteiger partial charge in [0.15, 0.2) is 0 Å². The lowest BCUT2D eigenvalue weighted by molar-refractivity contribution is -0.130. The average molecular weight is 349 g/mol. The molecule has 1 N–H and O–H groups in total. The summed E-state index contributed by atoms with van der Waals surface area (Å²) < 4.78 is 0. The molecule has 0 aliphatic carbocycles. The zero-order valence-corrected chi connectivity index (χ0v) is 14.4. The van der Waals surface area contributed by atoms with Crippen LogP contribution in [0.4, 0.5) is 5.69 Å². The number of hydrogen-bond acceptors (Lipinski definition) is 4. The number of amides is 2. The lowest BCUT2D eigenvalue weighted by Gasteiger charge is -2.20. The van der Waals surface area contributed by atoms with Gasteiger partial charge in [0.1, 0.15) is 5.71 Å². The fourth-order valence-electron chi connectivity index (χ4n) is 3.06. The Morgan fingerprint density at radius 3 is 2.79 bits per heavy atom. The van der Waals surface area contributed by atoms with Crippen molar-refractivity contribution < 1.29 is 9.59 Å². The van der Waals surface area contributed by atoms with E-state index in [1.807, 2.05) is 24.3 Å². The van der Waals surface area contributed by atoms with Crippen molar-refractivity contribution in [3.8, 4) is 0 Å². The number of nitrogens with one attached hydrogen (secondary N) is 1. The van der Waals surface area contributed by atoms with E-state index in [4.69, 9.17) is 11.6 Å². The van der Waals surface area contributed by atoms with Crippen LogP contribution >= 0.6 is 11.6 Å². The summed E-state index contributed by atoms with van der Waals surface area (Å²) in [4.78, 5) is 25.9. The van der Waals surface area contributed by atoms with Crippen molar-refractivity contribution in [2.24, 2.45) is 11.0 Å². The van der Waals surface area contributed by atoms with Gasteiger partial charge >= 0.3 is 0 Å². The van der Waals surface area contributed by atoms with Crippen molar-refractivity contribution in [2.75, 3.05) is 31.6 Å². The Labute approximate surface area is 146 Å². The smallest absolute Gasteiger partial charge is 0.267 e. The largest absolute Gasteiger partial charge is 0.371 e. The molecule has 1 saturated heterocycles. The summed E-state index contributed by atoms with van der Waals surface area (Å²) in [6.07, 6.45) is 1.79. The van der Waals surface area contributed by atoms with Crippen molar-refractivity contribution in [2.45, 2.75) is 19.3 Å². The first-order chi connectivity index (χ1) is 11.5. The monoisotopic (exact) mass is 348 g/mol. The van der Waals surface area contributed by atoms with Crippen LogP contribution in [0, 0.1) is 5.92 Å². The molecule has 1 fully saturated rings. The molecule has 2 heterocycles. The number of rotatable bonds is 4. The minimum Gasteiger partial charge on any atom is -0.371 e. The number of anilines is 1. The third kappa shape index (κ3) is 3.87. The van der Waals surface area contributed by atoms with Crippen LogP contribution < -0.4 is 10.2 Å². The van der Waals surface area contributed by atoms with Crippen molar-refractivity contribution in [3.63, 3.8) is 0 Å². The first kappa shape index (κ1) is 16.8. The first-order valence-electron chi connectivity index (χ1n) is 8.15. The summed E-state index contributed by atoms with van der Waals surface area (Å²) in [6.45, 7) is 2.51. The molecule has 1 atom stereocenters. The average Bonchev–Trinajstić information content (AvgIpc) is 3.05. The van der Waals surface area contributed by atoms with Gasteiger partial charge in [0.05, 0.1) is 0 Å². The standard InChI is InChI=1S/C17H21ClN4O2/c1-21-16(23)7-6-15(20-21)17(24)19-10-12-8-9-22(11-12)14-4-2-13(18)3-5-14/h2-5,12H,6-11H2,1H3,(H,19,24). The molecule has 1 aromatic rings. The predicted molar refractivity (Wildman–Crippen MR) is 94.2 cm³/mol. The van der Waals surface area contributed by atoms with Crippen LogP contribution in [0.25, 0.3) is 0 Å². The summed E-state index contributed by atoms with van der Waals surface area (Å²) in [5, 5.41) is 8.98. The second-order valence-electron chi connectivity index (χ2n) is 6.25. The molecule has 2 aliphatic rings. The van der Waals surface area contributed by atoms with Gasteiger partial charge in [-0.15, -0.1) is 0 Å². The van der Waals surface area contributed by atoms with Crippen molar-refractivity contribution >= 4 is 34.8 Å². The molecule has 1 unspecified atom stereocenters. The minimum absolute atomic E-state index is 0.0547. The molecule has 24 heavy (non-hydrogen) atoms. The SMILES string of the molecule is CN1N=C(C(=O)NCC2CCN(c3ccc(Cl)cc3)C2)CCC1=O. The van der Waals surface area contributed by atoms with Crippen molar-refractivity contribution in [1.82, 2.24) is 10.3 Å². The molecule has 0 saturated carbocycles. The van der Waals surface area contributed by atoms with Gasteiger partial charge in [-0.3, -0.25) is 9.59 Å². The van der Waals surface area contributed by atoms with E-state index in [1.54, 1.807) is 7.05 Å². The molecule has 1 aromatic carbocycles. The third-order valence-electron chi connectivity index (χ3n) is 4.50. The summed E-state index contributed by atoms with van der Waals surface area (Å²) in [5.74, 6) is 0.188. The zero-order valence-electron chi connectivity index (χ0n) is 13.7. The van der Waals surface area contributed by atoms with E-state index in [2.05, 4.69) is 15.3 Å². The molecule has 0 radical (unpaired) electrons. The lowest BCUT2D eigenvalue weighted by atomic mass is 10.1. The molecule has 0 bridgehead atoms. The van der Waals surface area contributed by atoms with Gasteiger partial charge in [0.2, 0.25) is 5.91 Å². The normalized spacial score (nSPS) is 21.0. The van der Waals surface area contributed by atoms with Crippen LogP contribution in [0.5, 0.6) is 0 Å². The highest BCUT2D eigenvalue weighted by atomic mass is 35.5. The summed E-state index contributed by atoms with van der Waals surface area (Å²) in [6, 6.07) is 7.83. The second-order valence-corrected chi connectivity index (χ2v) is 6.69. The second kappa shape index (κ2) is 7.21. The first-order valence-corrected chi connectivity index (χ1v) is 8.53. The van der Waals surface area contributed by atoms with Crippen LogP contribution in [0.3, 0.4) is 0 Å². The molecule has 0 aromatic heterocycles. The van der Waals surface area contributed by atoms with Gasteiger partial charge < -0.3 is 10.2 Å². The predicted octanol–water partition coefficient (Wildman–Crippen LogP) is 1.89. The Bertz CT molecular complexity index is 659. The highest BCUT2D eigenvalue weighted by Crippen LogP contribution is 2.24. The van der Waals surface area contributed by atoms with Crippen LogP contribution in [0.2, 0.25) is 5.02 Å². The molecule has 0 spiro atoms. The lowest BCUT2D eigenvalue weighted by Crippen LogP contribution is -2.39. The van der Waals surface area contributed by atoms with Crippen molar-refractivity contribution in [3.05, 3.63) is 29.3 Å². The maximum Gasteiger partial charge on any atom is 0.267 e. The molecule has 128 valence electrons. The zero-order chi connectivity index (χ0) is 17.1. The summed E-state index contributed by atoms with van der Waals surface area (Å²) in [7, 11) is 1.58. The molecule has 6 nitrogen and oxygen atoms in total. The van der Waals surface area contributed by atoms with E-state index in [1.165, 1.54) is 5.01 Å². The molecular formula is C17H21ClN4O2. The molecule has 2 amide bonds. The van der Waals surface area contributed by atoms with Crippen LogP contribution in [0.1, 0.15) is 19.3 Å². The van der Waals surface area contributed by atoms with E-state index >= 15 is 0 Å². The maximum atomic E-state index is 12.2. The van der Waals surface area contributed by atoms with Gasteiger partial charge in [0.25, 0.3) is 5.91 Å². The Balaban J connectivity index is 1.49. The molecule has 7 heteroatoms. The fraction of sp³-hybridized carbons (Fsp3) is 0.471. The highest BCUT2D eigenvalue weighted by Gasteiger charge is 2.25. The highest BCUT2D eigenvalue weighted by molar-refractivity contribution is 6.39. The summed E-state index contributed by atoms with van der Waals surface area (Å²) in [5.41, 5.74) is 1.59. The van der Waals surface area contributed by atoms with E-state index in [0.717, 1.165) is 30.2 Å². The number of halogens is 1. The third-order valence-corrected chi connectivity index (χ3v) is 4.75. The van der Waals surface area contributed by atoms with Gasteiger partial charge in [0, 0.05) is 50.2 Å². The number of hydrogen-bond donors (Lipinski definition) is 1. The molecular weight excluding hydrogens is 328 g/mol. The fourth-order valence-corrected chi connectivity index (χ4v) is 3.18. The number of nitrogens with zero attached hydrogens (tertiary/aromatic N) is 3. The van der Waals surface area contributed by atoms with Crippen LogP contribution in [0.15, 0.2) is 29.4 Å². The number of carbonyl (C=O) groups excluding carboxylic acids is 2. The van der Waals surface area contributed by atoms with Crippen molar-refractivity contribution in [1.29, 1.82) is 0 Å². The quantitative estimate of drug-likeness (QED) is 0.903. The maximum absolute atomic E-state index is 12.2. The van der Waals surface area contributed by atoms with E-state index in [9.17, 15) is 9.59 Å². The van der Waals surface area contributed by atoms with Crippen LogP contribution in [-0.4, -0.2) is 49.2 Å². The summed E-state index contributed by atoms with van der Waals surface area (Å²) >= 11 is 5.92. The topological polar surface area (TPSA) is 65.0 Å². The van der Waals surface area contributed by atoms with Gasteiger partial charge in [-0.05, 0) is 36.6 Å². The van der Waals surface area contributed by atoms with Crippen LogP contribution in [-0.2, 0) is 9.59 Å². The Morgan fingerprint density at radius 2 is 2.08 bits per heavy atom. The van der Waals surface area contributed by atoms with Gasteiger partial charge in [-0.1, -0.05) is 11.6 Å². The van der Waals surface area contributed by atoms with E-state index < -0.39 is 0 Å². The Kier molecular flexibility index (Phi) is 5.04. The van der Waals surface area contributed by atoms with E-state index in [-0.39, 0.29) is 11.8 Å². The Hall–Kier alpha value is -2.08. The minimum atomic E-state index is -0.167. The number of carbonyl (C=O) groups is 2. The van der Waals surface area contributed by atoms with E-state index in [0.29, 0.717) is 31.0 Å². The number of hydrazone groups is 1. The van der Waals surface area contributed by atoms with Gasteiger partial charge in [-0.2, -0.15) is 5.10 Å². The molecule has 2 aliphatic heterocycles. The van der Waals surface area contributed by atoms with Gasteiger partial charge in [-0.25, -0.2) is 5.01 Å².